The summed E-state index contributed by atoms with van der Waals surface area (Å²) in [7, 11) is 2.20. The van der Waals surface area contributed by atoms with E-state index in [9.17, 15) is 0 Å². The molecule has 0 saturated carbocycles. The molecule has 0 bridgehead atoms. The van der Waals surface area contributed by atoms with E-state index < -0.39 is 0 Å². The van der Waals surface area contributed by atoms with Gasteiger partial charge < -0.3 is 15.3 Å². The SMILES string of the molecule is CC(NCC1CCCN1C)c1cccc(CO)c1. The molecule has 1 saturated heterocycles. The third kappa shape index (κ3) is 3.31. The van der Waals surface area contributed by atoms with Gasteiger partial charge in [0.2, 0.25) is 0 Å². The molecule has 2 unspecified atom stereocenters. The molecule has 0 radical (unpaired) electrons. The van der Waals surface area contributed by atoms with Crippen LogP contribution in [0, 0.1) is 0 Å². The van der Waals surface area contributed by atoms with Gasteiger partial charge in [0.15, 0.2) is 0 Å². The van der Waals surface area contributed by atoms with E-state index in [2.05, 4.69) is 36.3 Å². The van der Waals surface area contributed by atoms with Crippen molar-refractivity contribution in [1.29, 1.82) is 0 Å². The summed E-state index contributed by atoms with van der Waals surface area (Å²) < 4.78 is 0. The Labute approximate surface area is 110 Å². The van der Waals surface area contributed by atoms with E-state index in [-0.39, 0.29) is 6.61 Å². The second-order valence-electron chi connectivity index (χ2n) is 5.31. The Bertz CT molecular complexity index is 381. The number of hydrogen-bond donors (Lipinski definition) is 2. The maximum absolute atomic E-state index is 9.15. The molecule has 0 aromatic heterocycles. The van der Waals surface area contributed by atoms with Crippen molar-refractivity contribution in [3.8, 4) is 0 Å². The summed E-state index contributed by atoms with van der Waals surface area (Å²) in [6.07, 6.45) is 2.62. The fourth-order valence-electron chi connectivity index (χ4n) is 2.63. The summed E-state index contributed by atoms with van der Waals surface area (Å²) in [5, 5.41) is 12.8. The third-order valence-electron chi connectivity index (χ3n) is 3.96. The van der Waals surface area contributed by atoms with E-state index in [1.807, 2.05) is 12.1 Å². The molecule has 0 amide bonds. The Hall–Kier alpha value is -0.900. The molecule has 1 aromatic rings. The zero-order valence-electron chi connectivity index (χ0n) is 11.4. The first kappa shape index (κ1) is 13.5. The second kappa shape index (κ2) is 6.32. The van der Waals surface area contributed by atoms with Gasteiger partial charge in [-0.25, -0.2) is 0 Å². The summed E-state index contributed by atoms with van der Waals surface area (Å²) in [6.45, 7) is 4.57. The molecule has 1 aromatic carbocycles. The van der Waals surface area contributed by atoms with Gasteiger partial charge in [-0.1, -0.05) is 24.3 Å². The topological polar surface area (TPSA) is 35.5 Å². The lowest BCUT2D eigenvalue weighted by atomic mass is 10.0. The van der Waals surface area contributed by atoms with E-state index >= 15 is 0 Å². The Morgan fingerprint density at radius 3 is 3.00 bits per heavy atom. The zero-order chi connectivity index (χ0) is 13.0. The lowest BCUT2D eigenvalue weighted by molar-refractivity contribution is 0.281. The van der Waals surface area contributed by atoms with Gasteiger partial charge in [0.05, 0.1) is 6.61 Å². The number of nitrogens with zero attached hydrogens (tertiary/aromatic N) is 1. The monoisotopic (exact) mass is 248 g/mol. The summed E-state index contributed by atoms with van der Waals surface area (Å²) in [6, 6.07) is 9.19. The van der Waals surface area contributed by atoms with E-state index in [1.165, 1.54) is 24.9 Å². The van der Waals surface area contributed by atoms with Gasteiger partial charge in [0.1, 0.15) is 0 Å². The molecule has 2 rings (SSSR count). The normalized spacial score (nSPS) is 22.3. The average molecular weight is 248 g/mol. The molecular weight excluding hydrogens is 224 g/mol. The molecular formula is C15H24N2O. The van der Waals surface area contributed by atoms with Gasteiger partial charge in [0, 0.05) is 18.6 Å². The molecule has 0 spiro atoms. The van der Waals surface area contributed by atoms with E-state index in [1.54, 1.807) is 0 Å². The zero-order valence-corrected chi connectivity index (χ0v) is 11.4. The van der Waals surface area contributed by atoms with Gasteiger partial charge in [-0.05, 0) is 44.5 Å². The summed E-state index contributed by atoms with van der Waals surface area (Å²) >= 11 is 0. The van der Waals surface area contributed by atoms with E-state index in [0.29, 0.717) is 12.1 Å². The van der Waals surface area contributed by atoms with Crippen LogP contribution in [0.1, 0.15) is 36.9 Å². The quantitative estimate of drug-likeness (QED) is 0.835. The van der Waals surface area contributed by atoms with Crippen molar-refractivity contribution in [3.63, 3.8) is 0 Å². The summed E-state index contributed by atoms with van der Waals surface area (Å²) in [5.74, 6) is 0. The predicted octanol–water partition coefficient (Wildman–Crippen LogP) is 1.92. The van der Waals surface area contributed by atoms with Crippen LogP contribution in [-0.2, 0) is 6.61 Å². The third-order valence-corrected chi connectivity index (χ3v) is 3.96. The maximum atomic E-state index is 9.15. The van der Waals surface area contributed by atoms with Crippen molar-refractivity contribution in [2.75, 3.05) is 20.1 Å². The minimum absolute atomic E-state index is 0.117. The van der Waals surface area contributed by atoms with Crippen LogP contribution in [-0.4, -0.2) is 36.2 Å². The fourth-order valence-corrected chi connectivity index (χ4v) is 2.63. The minimum atomic E-state index is 0.117. The molecule has 0 aliphatic carbocycles. The molecule has 1 aliphatic heterocycles. The van der Waals surface area contributed by atoms with Crippen LogP contribution in [0.15, 0.2) is 24.3 Å². The fraction of sp³-hybridized carbons (Fsp3) is 0.600. The first-order valence-electron chi connectivity index (χ1n) is 6.84. The van der Waals surface area contributed by atoms with Crippen molar-refractivity contribution in [3.05, 3.63) is 35.4 Å². The van der Waals surface area contributed by atoms with Crippen molar-refractivity contribution in [2.24, 2.45) is 0 Å². The van der Waals surface area contributed by atoms with E-state index in [0.717, 1.165) is 12.1 Å². The molecule has 3 nitrogen and oxygen atoms in total. The Morgan fingerprint density at radius 1 is 1.50 bits per heavy atom. The van der Waals surface area contributed by atoms with Crippen molar-refractivity contribution in [2.45, 2.75) is 38.5 Å². The maximum Gasteiger partial charge on any atom is 0.0681 e. The Balaban J connectivity index is 1.88. The highest BCUT2D eigenvalue weighted by atomic mass is 16.3. The predicted molar refractivity (Wildman–Crippen MR) is 74.4 cm³/mol. The number of aliphatic hydroxyl groups excluding tert-OH is 1. The molecule has 18 heavy (non-hydrogen) atoms. The first-order valence-corrected chi connectivity index (χ1v) is 6.84. The molecule has 2 N–H and O–H groups in total. The number of rotatable bonds is 5. The minimum Gasteiger partial charge on any atom is -0.392 e. The smallest absolute Gasteiger partial charge is 0.0681 e. The lowest BCUT2D eigenvalue weighted by Crippen LogP contribution is -2.36. The Kier molecular flexibility index (Phi) is 4.75. The Morgan fingerprint density at radius 2 is 2.33 bits per heavy atom. The highest BCUT2D eigenvalue weighted by Crippen LogP contribution is 2.17. The van der Waals surface area contributed by atoms with Gasteiger partial charge in [0.25, 0.3) is 0 Å². The number of likely N-dealkylation sites (N-methyl/N-ethyl adjacent to an activating group) is 1. The molecule has 3 heteroatoms. The highest BCUT2D eigenvalue weighted by Gasteiger charge is 2.20. The molecule has 2 atom stereocenters. The number of likely N-dealkylation sites (tertiary alicyclic amines) is 1. The number of benzene rings is 1. The van der Waals surface area contributed by atoms with Crippen LogP contribution >= 0.6 is 0 Å². The summed E-state index contributed by atoms with van der Waals surface area (Å²) in [4.78, 5) is 2.43. The van der Waals surface area contributed by atoms with Gasteiger partial charge in [-0.3, -0.25) is 0 Å². The van der Waals surface area contributed by atoms with Crippen molar-refractivity contribution < 1.29 is 5.11 Å². The average Bonchev–Trinajstić information content (AvgIpc) is 2.81. The second-order valence-corrected chi connectivity index (χ2v) is 5.31. The van der Waals surface area contributed by atoms with Gasteiger partial charge in [-0.15, -0.1) is 0 Å². The van der Waals surface area contributed by atoms with Crippen LogP contribution < -0.4 is 5.32 Å². The standard InChI is InChI=1S/C15H24N2O/c1-12(14-6-3-5-13(9-14)11-18)16-10-15-7-4-8-17(15)2/h3,5-6,9,12,15-16,18H,4,7-8,10-11H2,1-2H3. The van der Waals surface area contributed by atoms with Crippen LogP contribution in [0.5, 0.6) is 0 Å². The van der Waals surface area contributed by atoms with Crippen LogP contribution in [0.4, 0.5) is 0 Å². The van der Waals surface area contributed by atoms with Gasteiger partial charge in [-0.2, -0.15) is 0 Å². The molecule has 1 aliphatic rings. The molecule has 100 valence electrons. The van der Waals surface area contributed by atoms with Crippen LogP contribution in [0.2, 0.25) is 0 Å². The number of nitrogens with one attached hydrogen (secondary N) is 1. The number of hydrogen-bond acceptors (Lipinski definition) is 3. The van der Waals surface area contributed by atoms with Gasteiger partial charge >= 0.3 is 0 Å². The van der Waals surface area contributed by atoms with Crippen molar-refractivity contribution >= 4 is 0 Å². The molecule has 1 fully saturated rings. The largest absolute Gasteiger partial charge is 0.392 e. The molecule has 1 heterocycles. The van der Waals surface area contributed by atoms with Crippen molar-refractivity contribution in [1.82, 2.24) is 10.2 Å². The van der Waals surface area contributed by atoms with Crippen LogP contribution in [0.25, 0.3) is 0 Å². The highest BCUT2D eigenvalue weighted by molar-refractivity contribution is 5.25. The summed E-state index contributed by atoms with van der Waals surface area (Å²) in [5.41, 5.74) is 2.24. The number of aliphatic hydroxyl groups is 1. The van der Waals surface area contributed by atoms with Crippen LogP contribution in [0.3, 0.4) is 0 Å². The first-order chi connectivity index (χ1) is 8.70. The lowest BCUT2D eigenvalue weighted by Gasteiger charge is -2.23. The van der Waals surface area contributed by atoms with E-state index in [4.69, 9.17) is 5.11 Å².